The Balaban J connectivity index is 2.28. The van der Waals surface area contributed by atoms with Crippen LogP contribution < -0.4 is 0 Å². The summed E-state index contributed by atoms with van der Waals surface area (Å²) in [6, 6.07) is 4.56. The van der Waals surface area contributed by atoms with E-state index in [0.29, 0.717) is 11.8 Å². The van der Waals surface area contributed by atoms with E-state index in [4.69, 9.17) is 4.99 Å². The molecule has 0 bridgehead atoms. The van der Waals surface area contributed by atoms with Gasteiger partial charge in [0.05, 0.1) is 5.52 Å². The minimum atomic E-state index is -0.280. The molecule has 0 aliphatic heterocycles. The summed E-state index contributed by atoms with van der Waals surface area (Å²) in [5, 5.41) is 0.707. The van der Waals surface area contributed by atoms with Gasteiger partial charge in [-0.25, -0.2) is 14.4 Å². The zero-order valence-corrected chi connectivity index (χ0v) is 18.5. The highest BCUT2D eigenvalue weighted by Gasteiger charge is 2.07. The van der Waals surface area contributed by atoms with E-state index in [1.165, 1.54) is 12.1 Å². The first-order chi connectivity index (χ1) is 14.3. The van der Waals surface area contributed by atoms with Crippen molar-refractivity contribution in [3.05, 3.63) is 95.4 Å². The maximum atomic E-state index is 13.4. The summed E-state index contributed by atoms with van der Waals surface area (Å²) in [6.45, 7) is 14.0. The number of allylic oxidation sites excluding steroid dienone is 9. The maximum Gasteiger partial charge on any atom is 0.129 e. The molecule has 30 heavy (non-hydrogen) atoms. The predicted molar refractivity (Wildman–Crippen MR) is 126 cm³/mol. The van der Waals surface area contributed by atoms with Gasteiger partial charge in [-0.05, 0) is 70.4 Å². The average molecular weight is 404 g/mol. The van der Waals surface area contributed by atoms with Gasteiger partial charge in [-0.15, -0.1) is 0 Å². The van der Waals surface area contributed by atoms with Gasteiger partial charge in [0.25, 0.3) is 0 Å². The van der Waals surface area contributed by atoms with E-state index in [1.807, 2.05) is 32.1 Å². The number of aryl methyl sites for hydroxylation is 1. The molecule has 0 saturated carbocycles. The molecule has 4 heteroatoms. The zero-order chi connectivity index (χ0) is 22.1. The summed E-state index contributed by atoms with van der Waals surface area (Å²) in [7, 11) is 0. The van der Waals surface area contributed by atoms with Gasteiger partial charge < -0.3 is 0 Å². The quantitative estimate of drug-likeness (QED) is 0.348. The van der Waals surface area contributed by atoms with Crippen molar-refractivity contribution in [1.82, 2.24) is 9.97 Å². The number of benzene rings is 1. The molecule has 1 heterocycles. The molecule has 0 amide bonds. The van der Waals surface area contributed by atoms with Gasteiger partial charge in [0.15, 0.2) is 0 Å². The molecule has 0 aliphatic carbocycles. The van der Waals surface area contributed by atoms with Gasteiger partial charge in [0.2, 0.25) is 0 Å². The summed E-state index contributed by atoms with van der Waals surface area (Å²) < 4.78 is 13.4. The van der Waals surface area contributed by atoms with Crippen molar-refractivity contribution in [2.24, 2.45) is 4.99 Å². The number of rotatable bonds is 8. The number of halogens is 1. The molecule has 0 radical (unpaired) electrons. The number of aliphatic imine (C=N–C) groups is 1. The molecule has 3 nitrogen and oxygen atoms in total. The van der Waals surface area contributed by atoms with Crippen LogP contribution in [0.5, 0.6) is 0 Å². The second-order valence-corrected chi connectivity index (χ2v) is 7.32. The van der Waals surface area contributed by atoms with Crippen LogP contribution in [0.15, 0.2) is 88.8 Å². The van der Waals surface area contributed by atoms with E-state index in [0.717, 1.165) is 45.9 Å². The Hall–Kier alpha value is -3.14. The lowest BCUT2D eigenvalue weighted by Crippen LogP contribution is -2.02. The molecule has 0 atom stereocenters. The summed E-state index contributed by atoms with van der Waals surface area (Å²) in [5.74, 6) is 0.450. The van der Waals surface area contributed by atoms with Crippen LogP contribution in [-0.2, 0) is 6.42 Å². The van der Waals surface area contributed by atoms with Crippen molar-refractivity contribution in [2.75, 3.05) is 0 Å². The van der Waals surface area contributed by atoms with Crippen LogP contribution in [0.3, 0.4) is 0 Å². The number of aromatic nitrogens is 2. The average Bonchev–Trinajstić information content (AvgIpc) is 2.71. The topological polar surface area (TPSA) is 38.1 Å². The molecule has 156 valence electrons. The third-order valence-corrected chi connectivity index (χ3v) is 4.69. The smallest absolute Gasteiger partial charge is 0.129 e. The summed E-state index contributed by atoms with van der Waals surface area (Å²) in [4.78, 5) is 13.9. The molecule has 2 rings (SSSR count). The fourth-order valence-corrected chi connectivity index (χ4v) is 3.12. The Bertz CT molecular complexity index is 1060. The summed E-state index contributed by atoms with van der Waals surface area (Å²) in [6.07, 6.45) is 12.9. The lowest BCUT2D eigenvalue weighted by molar-refractivity contribution is 0.629. The predicted octanol–water partition coefficient (Wildman–Crippen LogP) is 7.09. The van der Waals surface area contributed by atoms with Crippen molar-refractivity contribution < 1.29 is 4.39 Å². The molecule has 1 aromatic carbocycles. The van der Waals surface area contributed by atoms with E-state index in [1.54, 1.807) is 18.3 Å². The molecule has 0 spiro atoms. The van der Waals surface area contributed by atoms with Crippen LogP contribution in [0.2, 0.25) is 0 Å². The third kappa shape index (κ3) is 6.45. The first-order valence-corrected chi connectivity index (χ1v) is 10.1. The Morgan fingerprint density at radius 2 is 1.93 bits per heavy atom. The Kier molecular flexibility index (Phi) is 8.60. The highest BCUT2D eigenvalue weighted by atomic mass is 19.1. The summed E-state index contributed by atoms with van der Waals surface area (Å²) in [5.41, 5.74) is 6.11. The van der Waals surface area contributed by atoms with Crippen LogP contribution >= 0.6 is 0 Å². The highest BCUT2D eigenvalue weighted by molar-refractivity contribution is 6.02. The van der Waals surface area contributed by atoms with Crippen molar-refractivity contribution in [2.45, 2.75) is 47.5 Å². The second kappa shape index (κ2) is 11.1. The van der Waals surface area contributed by atoms with Crippen LogP contribution in [-0.4, -0.2) is 15.7 Å². The first kappa shape index (κ1) is 23.1. The lowest BCUT2D eigenvalue weighted by Gasteiger charge is -2.10. The van der Waals surface area contributed by atoms with E-state index in [-0.39, 0.29) is 5.82 Å². The Morgan fingerprint density at radius 1 is 1.17 bits per heavy atom. The molecule has 0 N–H and O–H groups in total. The number of fused-ring (bicyclic) bond motifs is 1. The van der Waals surface area contributed by atoms with Gasteiger partial charge in [0, 0.05) is 29.4 Å². The number of hydrogen-bond acceptors (Lipinski definition) is 3. The van der Waals surface area contributed by atoms with Crippen molar-refractivity contribution in [3.8, 4) is 0 Å². The fraction of sp³-hybridized carbons (Fsp3) is 0.269. The number of nitrogens with zero attached hydrogens (tertiary/aromatic N) is 3. The minimum absolute atomic E-state index is 0.280. The Labute approximate surface area is 179 Å². The van der Waals surface area contributed by atoms with Gasteiger partial charge in [-0.3, -0.25) is 4.99 Å². The zero-order valence-electron chi connectivity index (χ0n) is 18.5. The third-order valence-electron chi connectivity index (χ3n) is 4.69. The largest absolute Gasteiger partial charge is 0.258 e. The molecule has 0 saturated heterocycles. The molecular weight excluding hydrogens is 373 g/mol. The van der Waals surface area contributed by atoms with Crippen molar-refractivity contribution in [3.63, 3.8) is 0 Å². The van der Waals surface area contributed by atoms with Crippen molar-refractivity contribution >= 4 is 16.6 Å². The van der Waals surface area contributed by atoms with Gasteiger partial charge in [-0.1, -0.05) is 42.5 Å². The van der Waals surface area contributed by atoms with Crippen LogP contribution in [0.25, 0.3) is 10.9 Å². The second-order valence-electron chi connectivity index (χ2n) is 7.32. The molecule has 0 unspecified atom stereocenters. The molecule has 0 fully saturated rings. The van der Waals surface area contributed by atoms with Gasteiger partial charge in [-0.2, -0.15) is 0 Å². The van der Waals surface area contributed by atoms with E-state index >= 15 is 0 Å². The monoisotopic (exact) mass is 403 g/mol. The van der Waals surface area contributed by atoms with Gasteiger partial charge in [0.1, 0.15) is 11.6 Å². The fourth-order valence-electron chi connectivity index (χ4n) is 3.12. The molecular formula is C26H30FN3. The maximum absolute atomic E-state index is 13.4. The van der Waals surface area contributed by atoms with Crippen molar-refractivity contribution in [1.29, 1.82) is 0 Å². The SMILES string of the molecule is C=C\C=C/C(C(C)=NC(CCc1ncc2cc(F)ccc2n1)=C(C)C)=C(C)/C=C\C. The van der Waals surface area contributed by atoms with E-state index in [9.17, 15) is 4.39 Å². The molecule has 2 aromatic rings. The molecule has 1 aromatic heterocycles. The number of hydrogen-bond donors (Lipinski definition) is 0. The minimum Gasteiger partial charge on any atom is -0.258 e. The van der Waals surface area contributed by atoms with Crippen LogP contribution in [0, 0.1) is 5.82 Å². The van der Waals surface area contributed by atoms with Crippen LogP contribution in [0.4, 0.5) is 4.39 Å². The van der Waals surface area contributed by atoms with E-state index < -0.39 is 0 Å². The normalized spacial score (nSPS) is 13.2. The summed E-state index contributed by atoms with van der Waals surface area (Å²) >= 11 is 0. The lowest BCUT2D eigenvalue weighted by atomic mass is 10.0. The Morgan fingerprint density at radius 3 is 2.60 bits per heavy atom. The molecule has 0 aliphatic rings. The first-order valence-electron chi connectivity index (χ1n) is 10.1. The highest BCUT2D eigenvalue weighted by Crippen LogP contribution is 2.19. The van der Waals surface area contributed by atoms with Gasteiger partial charge >= 0.3 is 0 Å². The van der Waals surface area contributed by atoms with Crippen LogP contribution in [0.1, 0.15) is 46.9 Å². The van der Waals surface area contributed by atoms with E-state index in [2.05, 4.69) is 43.4 Å². The standard InChI is InChI=1S/C26H30FN3/c1-7-9-11-23(19(5)10-8-2)20(6)29-24(18(3)4)14-15-26-28-17-21-16-22(27)12-13-25(21)30-26/h7-13,16-17H,1,14-15H2,2-6H3/b10-8-,11-9-,23-19-,29-20?.